The van der Waals surface area contributed by atoms with Crippen LogP contribution in [0.25, 0.3) is 0 Å². The normalized spacial score (nSPS) is 33.1. The Morgan fingerprint density at radius 1 is 1.24 bits per heavy atom. The van der Waals surface area contributed by atoms with E-state index >= 15 is 0 Å². The van der Waals surface area contributed by atoms with Crippen LogP contribution in [-0.4, -0.2) is 26.3 Å². The Bertz CT molecular complexity index is 503. The molecule has 0 spiro atoms. The Morgan fingerprint density at radius 3 is 2.40 bits per heavy atom. The average molecular weight is 351 g/mol. The molecule has 2 aliphatic rings. The van der Waals surface area contributed by atoms with Gasteiger partial charge in [0.2, 0.25) is 0 Å². The van der Waals surface area contributed by atoms with E-state index in [0.29, 0.717) is 23.5 Å². The molecule has 25 heavy (non-hydrogen) atoms. The van der Waals surface area contributed by atoms with Gasteiger partial charge in [0.1, 0.15) is 5.78 Å². The average Bonchev–Trinajstić information content (AvgIpc) is 2.55. The third-order valence-electron chi connectivity index (χ3n) is 7.11. The van der Waals surface area contributed by atoms with Gasteiger partial charge in [-0.3, -0.25) is 4.79 Å². The fourth-order valence-corrected chi connectivity index (χ4v) is 5.66. The molecule has 3 heteroatoms. The van der Waals surface area contributed by atoms with Crippen molar-refractivity contribution in [1.82, 2.24) is 0 Å². The fourth-order valence-electron chi connectivity index (χ4n) is 5.66. The molecule has 0 aromatic rings. The molecule has 3 nitrogen and oxygen atoms in total. The molecule has 0 unspecified atom stereocenters. The quantitative estimate of drug-likeness (QED) is 0.456. The van der Waals surface area contributed by atoms with Crippen LogP contribution in [-0.2, 0) is 14.3 Å². The molecule has 0 N–H and O–H groups in total. The fraction of sp³-hybridized carbons (Fsp3) is 0.864. The Hall–Kier alpha value is -0.670. The maximum atomic E-state index is 12.8. The number of Topliss-reactive ketones (excluding diaryl/α,β-unsaturated/α-hetero) is 1. The van der Waals surface area contributed by atoms with Gasteiger partial charge in [-0.05, 0) is 75.5 Å². The van der Waals surface area contributed by atoms with Gasteiger partial charge in [0.05, 0.1) is 0 Å². The van der Waals surface area contributed by atoms with Crippen LogP contribution >= 0.6 is 0 Å². The summed E-state index contributed by atoms with van der Waals surface area (Å²) in [5.41, 5.74) is 3.21. The third-order valence-corrected chi connectivity index (χ3v) is 7.11. The SMILES string of the molecule is COC(CC[C@]1(C)CCC2=C(C)CC[C@@H](C(C)C)[C@@H]2[C@H]1C(C)=O)OC. The summed E-state index contributed by atoms with van der Waals surface area (Å²) in [6, 6.07) is 0. The molecule has 144 valence electrons. The Kier molecular flexibility index (Phi) is 6.89. The lowest BCUT2D eigenvalue weighted by Crippen LogP contribution is -2.47. The predicted molar refractivity (Wildman–Crippen MR) is 102 cm³/mol. The minimum atomic E-state index is -0.171. The van der Waals surface area contributed by atoms with E-state index in [1.54, 1.807) is 25.4 Å². The van der Waals surface area contributed by atoms with Crippen molar-refractivity contribution in [2.45, 2.75) is 79.4 Å². The first-order chi connectivity index (χ1) is 11.7. The van der Waals surface area contributed by atoms with Crippen LogP contribution in [0.15, 0.2) is 11.1 Å². The van der Waals surface area contributed by atoms with E-state index in [-0.39, 0.29) is 17.6 Å². The first-order valence-electron chi connectivity index (χ1n) is 9.99. The number of allylic oxidation sites excluding steroid dienone is 2. The number of carbonyl (C=O) groups excluding carboxylic acids is 1. The summed E-state index contributed by atoms with van der Waals surface area (Å²) >= 11 is 0. The summed E-state index contributed by atoms with van der Waals surface area (Å²) in [6.07, 6.45) is 6.37. The number of fused-ring (bicyclic) bond motifs is 1. The number of rotatable bonds is 7. The van der Waals surface area contributed by atoms with Crippen LogP contribution in [0, 0.1) is 29.1 Å². The minimum absolute atomic E-state index is 0.0417. The van der Waals surface area contributed by atoms with Gasteiger partial charge in [0.15, 0.2) is 6.29 Å². The van der Waals surface area contributed by atoms with Gasteiger partial charge in [0, 0.05) is 20.1 Å². The first kappa shape index (κ1) is 20.6. The van der Waals surface area contributed by atoms with E-state index in [1.807, 2.05) is 6.92 Å². The smallest absolute Gasteiger partial charge is 0.156 e. The standard InChI is InChI=1S/C22H38O3/c1-14(2)17-9-8-15(3)18-10-12-22(5,13-11-19(24-6)25-7)21(16(4)23)20(17)18/h14,17,19-21H,8-13H2,1-7H3/t17-,20-,21+,22-/m0/s1. The van der Waals surface area contributed by atoms with Gasteiger partial charge >= 0.3 is 0 Å². The molecule has 0 bridgehead atoms. The zero-order valence-electron chi connectivity index (χ0n) is 17.4. The van der Waals surface area contributed by atoms with Crippen LogP contribution in [0.2, 0.25) is 0 Å². The molecule has 0 saturated heterocycles. The molecule has 1 fully saturated rings. The predicted octanol–water partition coefficient (Wildman–Crippen LogP) is 5.39. The van der Waals surface area contributed by atoms with Gasteiger partial charge in [-0.25, -0.2) is 0 Å². The number of ketones is 1. The molecule has 0 radical (unpaired) electrons. The minimum Gasteiger partial charge on any atom is -0.356 e. The molecule has 0 aliphatic heterocycles. The number of ether oxygens (including phenoxy) is 2. The lowest BCUT2D eigenvalue weighted by atomic mass is 9.51. The van der Waals surface area contributed by atoms with Crippen molar-refractivity contribution < 1.29 is 14.3 Å². The van der Waals surface area contributed by atoms with Crippen molar-refractivity contribution in [3.05, 3.63) is 11.1 Å². The van der Waals surface area contributed by atoms with Crippen LogP contribution in [0.5, 0.6) is 0 Å². The van der Waals surface area contributed by atoms with Gasteiger partial charge in [-0.15, -0.1) is 0 Å². The molecule has 0 heterocycles. The highest BCUT2D eigenvalue weighted by atomic mass is 16.7. The molecular formula is C22H38O3. The molecule has 0 amide bonds. The second kappa shape index (κ2) is 8.35. The highest BCUT2D eigenvalue weighted by Gasteiger charge is 2.50. The summed E-state index contributed by atoms with van der Waals surface area (Å²) in [6.45, 7) is 11.1. The molecule has 1 saturated carbocycles. The number of hydrogen-bond acceptors (Lipinski definition) is 3. The zero-order chi connectivity index (χ0) is 18.8. The van der Waals surface area contributed by atoms with Crippen molar-refractivity contribution >= 4 is 5.78 Å². The van der Waals surface area contributed by atoms with E-state index in [2.05, 4.69) is 27.7 Å². The lowest BCUT2D eigenvalue weighted by Gasteiger charge is -2.52. The van der Waals surface area contributed by atoms with E-state index in [1.165, 1.54) is 12.8 Å². The summed E-state index contributed by atoms with van der Waals surface area (Å²) < 4.78 is 10.8. The molecule has 2 aliphatic carbocycles. The zero-order valence-corrected chi connectivity index (χ0v) is 17.4. The number of carbonyl (C=O) groups is 1. The summed E-state index contributed by atoms with van der Waals surface area (Å²) in [5, 5.41) is 0. The van der Waals surface area contributed by atoms with Crippen molar-refractivity contribution in [2.24, 2.45) is 29.1 Å². The maximum absolute atomic E-state index is 12.8. The van der Waals surface area contributed by atoms with Gasteiger partial charge < -0.3 is 9.47 Å². The highest BCUT2D eigenvalue weighted by Crippen LogP contribution is 2.56. The van der Waals surface area contributed by atoms with E-state index < -0.39 is 0 Å². The summed E-state index contributed by atoms with van der Waals surface area (Å²) in [7, 11) is 3.39. The largest absolute Gasteiger partial charge is 0.356 e. The van der Waals surface area contributed by atoms with Gasteiger partial charge in [-0.1, -0.05) is 31.9 Å². The van der Waals surface area contributed by atoms with Crippen LogP contribution < -0.4 is 0 Å². The molecule has 0 aromatic carbocycles. The van der Waals surface area contributed by atoms with E-state index in [9.17, 15) is 4.79 Å². The van der Waals surface area contributed by atoms with Crippen LogP contribution in [0.4, 0.5) is 0 Å². The lowest BCUT2D eigenvalue weighted by molar-refractivity contribution is -0.135. The summed E-state index contributed by atoms with van der Waals surface area (Å²) in [4.78, 5) is 12.8. The summed E-state index contributed by atoms with van der Waals surface area (Å²) in [5.74, 6) is 2.20. The molecule has 0 aromatic heterocycles. The molecule has 2 rings (SSSR count). The van der Waals surface area contributed by atoms with E-state index in [0.717, 1.165) is 25.7 Å². The second-order valence-electron chi connectivity index (χ2n) is 8.96. The maximum Gasteiger partial charge on any atom is 0.156 e. The first-order valence-corrected chi connectivity index (χ1v) is 9.99. The Balaban J connectivity index is 2.34. The van der Waals surface area contributed by atoms with Crippen molar-refractivity contribution in [3.8, 4) is 0 Å². The van der Waals surface area contributed by atoms with Crippen molar-refractivity contribution in [1.29, 1.82) is 0 Å². The van der Waals surface area contributed by atoms with Gasteiger partial charge in [-0.2, -0.15) is 0 Å². The monoisotopic (exact) mass is 350 g/mol. The second-order valence-corrected chi connectivity index (χ2v) is 8.96. The number of hydrogen-bond donors (Lipinski definition) is 0. The molecular weight excluding hydrogens is 312 g/mol. The van der Waals surface area contributed by atoms with Crippen molar-refractivity contribution in [3.63, 3.8) is 0 Å². The van der Waals surface area contributed by atoms with Crippen LogP contribution in [0.3, 0.4) is 0 Å². The Morgan fingerprint density at radius 2 is 1.88 bits per heavy atom. The van der Waals surface area contributed by atoms with Crippen LogP contribution in [0.1, 0.15) is 73.1 Å². The highest BCUT2D eigenvalue weighted by molar-refractivity contribution is 5.80. The van der Waals surface area contributed by atoms with Gasteiger partial charge in [0.25, 0.3) is 0 Å². The van der Waals surface area contributed by atoms with Crippen molar-refractivity contribution in [2.75, 3.05) is 14.2 Å². The topological polar surface area (TPSA) is 35.5 Å². The molecule has 4 atom stereocenters. The Labute approximate surface area is 154 Å². The van der Waals surface area contributed by atoms with E-state index in [4.69, 9.17) is 9.47 Å². The number of methoxy groups -OCH3 is 2. The third kappa shape index (κ3) is 4.19.